The number of rotatable bonds is 6. The molecule has 0 bridgehead atoms. The normalized spacial score (nSPS) is 16.1. The minimum Gasteiger partial charge on any atom is -0.493 e. The van der Waals surface area contributed by atoms with E-state index in [0.717, 1.165) is 27.9 Å². The van der Waals surface area contributed by atoms with Crippen LogP contribution in [0.4, 0.5) is 5.69 Å². The lowest BCUT2D eigenvalue weighted by Gasteiger charge is -2.44. The monoisotopic (exact) mass is 453 g/mol. The summed E-state index contributed by atoms with van der Waals surface area (Å²) in [6.45, 7) is 0. The van der Waals surface area contributed by atoms with Crippen LogP contribution in [0, 0.1) is 0 Å². The van der Waals surface area contributed by atoms with Crippen molar-refractivity contribution in [1.29, 1.82) is 0 Å². The van der Waals surface area contributed by atoms with Crippen molar-refractivity contribution < 1.29 is 18.9 Å². The number of para-hydroxylation sites is 1. The second-order valence-electron chi connectivity index (χ2n) is 8.02. The van der Waals surface area contributed by atoms with E-state index in [4.69, 9.17) is 18.9 Å². The van der Waals surface area contributed by atoms with Gasteiger partial charge >= 0.3 is 0 Å². The van der Waals surface area contributed by atoms with Crippen molar-refractivity contribution in [3.05, 3.63) is 119 Å². The fraction of sp³-hybridized carbons (Fsp3) is 0.172. The number of methoxy groups -OCH3 is 3. The van der Waals surface area contributed by atoms with E-state index in [2.05, 4.69) is 41.7 Å². The first-order chi connectivity index (χ1) is 16.7. The zero-order chi connectivity index (χ0) is 23.5. The van der Waals surface area contributed by atoms with Gasteiger partial charge in [0.15, 0.2) is 17.7 Å². The fourth-order valence-electron chi connectivity index (χ4n) is 4.76. The standard InChI is InChI=1S/C29H27NO4/c1-31-25-19-18-22(26(32-2)27(25)33-3)28-30-24-17-11-10-16-23(24)29(34-28,20-12-6-4-7-13-20)21-14-8-5-9-15-21/h4-19,28,30H,1-3H3/t28-/m1/s1. The molecule has 4 aromatic carbocycles. The third-order valence-corrected chi connectivity index (χ3v) is 6.27. The number of nitrogens with one attached hydrogen (secondary N) is 1. The lowest BCUT2D eigenvalue weighted by molar-refractivity contribution is -0.0441. The van der Waals surface area contributed by atoms with E-state index in [0.29, 0.717) is 17.2 Å². The molecular weight excluding hydrogens is 426 g/mol. The summed E-state index contributed by atoms with van der Waals surface area (Å²) in [6, 6.07) is 32.7. The molecule has 1 N–H and O–H groups in total. The smallest absolute Gasteiger partial charge is 0.203 e. The average Bonchev–Trinajstić information content (AvgIpc) is 2.92. The Balaban J connectivity index is 1.77. The zero-order valence-electron chi connectivity index (χ0n) is 19.4. The molecule has 0 radical (unpaired) electrons. The molecule has 0 aromatic heterocycles. The molecule has 0 saturated carbocycles. The van der Waals surface area contributed by atoms with Crippen LogP contribution in [0.3, 0.4) is 0 Å². The number of hydrogen-bond donors (Lipinski definition) is 1. The Bertz CT molecular complexity index is 1230. The summed E-state index contributed by atoms with van der Waals surface area (Å²) in [6.07, 6.45) is -0.523. The second kappa shape index (κ2) is 9.12. The van der Waals surface area contributed by atoms with Gasteiger partial charge in [0.05, 0.1) is 21.3 Å². The molecule has 1 heterocycles. The summed E-state index contributed by atoms with van der Waals surface area (Å²) in [4.78, 5) is 0. The molecule has 1 aliphatic rings. The van der Waals surface area contributed by atoms with Crippen molar-refractivity contribution in [3.63, 3.8) is 0 Å². The average molecular weight is 454 g/mol. The molecule has 0 unspecified atom stereocenters. The molecule has 0 spiro atoms. The number of fused-ring (bicyclic) bond motifs is 1. The zero-order valence-corrected chi connectivity index (χ0v) is 19.4. The van der Waals surface area contributed by atoms with Crippen LogP contribution in [0.15, 0.2) is 97.1 Å². The molecule has 172 valence electrons. The van der Waals surface area contributed by atoms with E-state index < -0.39 is 11.8 Å². The molecular formula is C29H27NO4. The predicted molar refractivity (Wildman–Crippen MR) is 133 cm³/mol. The first-order valence-electron chi connectivity index (χ1n) is 11.2. The van der Waals surface area contributed by atoms with Crippen LogP contribution < -0.4 is 19.5 Å². The van der Waals surface area contributed by atoms with Gasteiger partial charge in [-0.15, -0.1) is 0 Å². The van der Waals surface area contributed by atoms with Gasteiger partial charge in [0.1, 0.15) is 5.60 Å². The molecule has 34 heavy (non-hydrogen) atoms. The van der Waals surface area contributed by atoms with Gasteiger partial charge in [-0.25, -0.2) is 0 Å². The first-order valence-corrected chi connectivity index (χ1v) is 11.2. The molecule has 0 amide bonds. The van der Waals surface area contributed by atoms with E-state index in [1.807, 2.05) is 60.7 Å². The van der Waals surface area contributed by atoms with Crippen LogP contribution in [0.5, 0.6) is 17.2 Å². The number of ether oxygens (including phenoxy) is 4. The SMILES string of the molecule is COc1ccc([C@@H]2Nc3ccccc3C(c3ccccc3)(c3ccccc3)O2)c(OC)c1OC. The van der Waals surface area contributed by atoms with E-state index >= 15 is 0 Å². The highest BCUT2D eigenvalue weighted by Gasteiger charge is 2.45. The molecule has 0 saturated heterocycles. The predicted octanol–water partition coefficient (Wildman–Crippen LogP) is 6.15. The van der Waals surface area contributed by atoms with Crippen molar-refractivity contribution in [2.75, 3.05) is 26.6 Å². The summed E-state index contributed by atoms with van der Waals surface area (Å²) in [5, 5.41) is 3.57. The molecule has 5 nitrogen and oxygen atoms in total. The van der Waals surface area contributed by atoms with Crippen LogP contribution in [-0.4, -0.2) is 21.3 Å². The molecule has 1 aliphatic heterocycles. The number of anilines is 1. The van der Waals surface area contributed by atoms with Crippen molar-refractivity contribution in [2.24, 2.45) is 0 Å². The lowest BCUT2D eigenvalue weighted by atomic mass is 9.78. The Morgan fingerprint density at radius 2 is 1.24 bits per heavy atom. The van der Waals surface area contributed by atoms with Gasteiger partial charge in [-0.05, 0) is 29.3 Å². The highest BCUT2D eigenvalue weighted by atomic mass is 16.5. The summed E-state index contributed by atoms with van der Waals surface area (Å²) < 4.78 is 24.0. The van der Waals surface area contributed by atoms with Crippen LogP contribution in [0.2, 0.25) is 0 Å². The third-order valence-electron chi connectivity index (χ3n) is 6.27. The molecule has 0 fully saturated rings. The Morgan fingerprint density at radius 1 is 0.647 bits per heavy atom. The Labute approximate surface area is 199 Å². The van der Waals surface area contributed by atoms with Gasteiger partial charge in [0, 0.05) is 16.8 Å². The highest BCUT2D eigenvalue weighted by molar-refractivity contribution is 5.65. The quantitative estimate of drug-likeness (QED) is 0.380. The van der Waals surface area contributed by atoms with Crippen LogP contribution >= 0.6 is 0 Å². The highest BCUT2D eigenvalue weighted by Crippen LogP contribution is 2.52. The van der Waals surface area contributed by atoms with Gasteiger partial charge in [-0.1, -0.05) is 78.9 Å². The van der Waals surface area contributed by atoms with Crippen LogP contribution in [0.1, 0.15) is 28.5 Å². The largest absolute Gasteiger partial charge is 0.493 e. The molecule has 0 aliphatic carbocycles. The summed E-state index contributed by atoms with van der Waals surface area (Å²) in [5.74, 6) is 1.68. The van der Waals surface area contributed by atoms with E-state index in [1.165, 1.54) is 0 Å². The van der Waals surface area contributed by atoms with Gasteiger partial charge in [-0.2, -0.15) is 0 Å². The molecule has 1 atom stereocenters. The molecule has 5 heteroatoms. The lowest BCUT2D eigenvalue weighted by Crippen LogP contribution is -2.40. The first kappa shape index (κ1) is 21.9. The van der Waals surface area contributed by atoms with E-state index in [1.54, 1.807) is 21.3 Å². The van der Waals surface area contributed by atoms with E-state index in [9.17, 15) is 0 Å². The second-order valence-corrected chi connectivity index (χ2v) is 8.02. The minimum atomic E-state index is -0.840. The maximum absolute atomic E-state index is 7.09. The van der Waals surface area contributed by atoms with Gasteiger partial charge in [-0.3, -0.25) is 0 Å². The number of hydrogen-bond acceptors (Lipinski definition) is 5. The van der Waals surface area contributed by atoms with Crippen molar-refractivity contribution in [3.8, 4) is 17.2 Å². The Morgan fingerprint density at radius 3 is 1.82 bits per heavy atom. The van der Waals surface area contributed by atoms with Crippen LogP contribution in [0.25, 0.3) is 0 Å². The Kier molecular flexibility index (Phi) is 5.86. The van der Waals surface area contributed by atoms with Gasteiger partial charge in [0.25, 0.3) is 0 Å². The Hall–Kier alpha value is -3.96. The fourth-order valence-corrected chi connectivity index (χ4v) is 4.76. The van der Waals surface area contributed by atoms with Gasteiger partial charge in [0.2, 0.25) is 5.75 Å². The van der Waals surface area contributed by atoms with Crippen molar-refractivity contribution in [2.45, 2.75) is 11.8 Å². The maximum atomic E-state index is 7.09. The summed E-state index contributed by atoms with van der Waals surface area (Å²) in [5.41, 5.74) is 4.09. The maximum Gasteiger partial charge on any atom is 0.203 e. The topological polar surface area (TPSA) is 49.0 Å². The minimum absolute atomic E-state index is 0.523. The van der Waals surface area contributed by atoms with Crippen molar-refractivity contribution >= 4 is 5.69 Å². The summed E-state index contributed by atoms with van der Waals surface area (Å²) in [7, 11) is 4.84. The third kappa shape index (κ3) is 3.45. The van der Waals surface area contributed by atoms with Gasteiger partial charge < -0.3 is 24.3 Å². The molecule has 4 aromatic rings. The molecule has 5 rings (SSSR count). The van der Waals surface area contributed by atoms with Crippen LogP contribution in [-0.2, 0) is 10.3 Å². The number of benzene rings is 4. The van der Waals surface area contributed by atoms with Crippen molar-refractivity contribution in [1.82, 2.24) is 0 Å². The summed E-state index contributed by atoms with van der Waals surface area (Å²) >= 11 is 0. The van der Waals surface area contributed by atoms with E-state index in [-0.39, 0.29) is 0 Å².